The molecule has 1 amide bonds. The number of piperazine rings is 1. The predicted octanol–water partition coefficient (Wildman–Crippen LogP) is 1.34. The lowest BCUT2D eigenvalue weighted by Gasteiger charge is -2.34. The Balaban J connectivity index is 1.51. The van der Waals surface area contributed by atoms with Crippen LogP contribution in [0.4, 0.5) is 11.6 Å². The van der Waals surface area contributed by atoms with Crippen molar-refractivity contribution in [1.29, 1.82) is 5.26 Å². The Hall–Kier alpha value is -3.93. The van der Waals surface area contributed by atoms with Crippen LogP contribution in [0.2, 0.25) is 0 Å². The fourth-order valence-corrected chi connectivity index (χ4v) is 3.08. The van der Waals surface area contributed by atoms with Crippen molar-refractivity contribution < 1.29 is 14.3 Å². The van der Waals surface area contributed by atoms with Crippen molar-refractivity contribution in [2.24, 2.45) is 0 Å². The minimum Gasteiger partial charge on any atom is -0.451 e. The van der Waals surface area contributed by atoms with Gasteiger partial charge in [-0.15, -0.1) is 0 Å². The Morgan fingerprint density at radius 1 is 1.13 bits per heavy atom. The molecule has 0 saturated carbocycles. The van der Waals surface area contributed by atoms with Crippen LogP contribution in [0.1, 0.15) is 5.56 Å². The van der Waals surface area contributed by atoms with Gasteiger partial charge in [0.15, 0.2) is 6.61 Å². The standard InChI is InChI=1S/C22H24N6O3/c1-26(2)19-6-4-17(5-7-19)14-18(15-23)21(30)31-16-20(29)27-10-12-28(13-11-27)22-24-8-3-9-25-22/h3-9,14H,10-13,16H2,1-2H3/b18-14+. The van der Waals surface area contributed by atoms with E-state index < -0.39 is 12.6 Å². The number of esters is 1. The first-order chi connectivity index (χ1) is 15.0. The number of aromatic nitrogens is 2. The number of carbonyl (C=O) groups excluding carboxylic acids is 2. The number of nitriles is 1. The summed E-state index contributed by atoms with van der Waals surface area (Å²) in [6.07, 6.45) is 4.80. The molecule has 31 heavy (non-hydrogen) atoms. The van der Waals surface area contributed by atoms with Gasteiger partial charge in [-0.1, -0.05) is 12.1 Å². The zero-order valence-corrected chi connectivity index (χ0v) is 17.6. The van der Waals surface area contributed by atoms with E-state index in [1.54, 1.807) is 35.5 Å². The highest BCUT2D eigenvalue weighted by molar-refractivity contribution is 5.98. The molecule has 2 aromatic rings. The Labute approximate surface area is 181 Å². The Morgan fingerprint density at radius 3 is 2.35 bits per heavy atom. The predicted molar refractivity (Wildman–Crippen MR) is 116 cm³/mol. The van der Waals surface area contributed by atoms with Crippen LogP contribution in [0.5, 0.6) is 0 Å². The van der Waals surface area contributed by atoms with Gasteiger partial charge in [-0.3, -0.25) is 4.79 Å². The molecule has 0 radical (unpaired) electrons. The fourth-order valence-electron chi connectivity index (χ4n) is 3.08. The molecule has 1 aromatic heterocycles. The lowest BCUT2D eigenvalue weighted by Crippen LogP contribution is -2.50. The monoisotopic (exact) mass is 420 g/mol. The molecule has 1 aromatic carbocycles. The van der Waals surface area contributed by atoms with Crippen LogP contribution in [0.25, 0.3) is 6.08 Å². The lowest BCUT2D eigenvalue weighted by molar-refractivity contribution is -0.148. The van der Waals surface area contributed by atoms with E-state index in [0.717, 1.165) is 5.69 Å². The van der Waals surface area contributed by atoms with Crippen molar-refractivity contribution in [2.45, 2.75) is 0 Å². The summed E-state index contributed by atoms with van der Waals surface area (Å²) in [7, 11) is 3.85. The second kappa shape index (κ2) is 10.2. The maximum atomic E-state index is 12.4. The first-order valence-electron chi connectivity index (χ1n) is 9.84. The van der Waals surface area contributed by atoms with Crippen LogP contribution in [-0.2, 0) is 14.3 Å². The van der Waals surface area contributed by atoms with Gasteiger partial charge in [-0.05, 0) is 29.8 Å². The molecule has 0 bridgehead atoms. The van der Waals surface area contributed by atoms with Crippen LogP contribution >= 0.6 is 0 Å². The Bertz CT molecular complexity index is 975. The highest BCUT2D eigenvalue weighted by atomic mass is 16.5. The summed E-state index contributed by atoms with van der Waals surface area (Å²) < 4.78 is 5.09. The summed E-state index contributed by atoms with van der Waals surface area (Å²) in [6.45, 7) is 1.74. The molecule has 0 spiro atoms. The first-order valence-corrected chi connectivity index (χ1v) is 9.84. The summed E-state index contributed by atoms with van der Waals surface area (Å²) in [6, 6.07) is 11.0. The van der Waals surface area contributed by atoms with E-state index in [9.17, 15) is 14.9 Å². The van der Waals surface area contributed by atoms with Crippen LogP contribution in [0.3, 0.4) is 0 Å². The number of hydrogen-bond acceptors (Lipinski definition) is 8. The van der Waals surface area contributed by atoms with Gasteiger partial charge in [0.2, 0.25) is 5.95 Å². The SMILES string of the molecule is CN(C)c1ccc(/C=C(\C#N)C(=O)OCC(=O)N2CCN(c3ncccn3)CC2)cc1. The molecule has 1 fully saturated rings. The number of ether oxygens (including phenoxy) is 1. The van der Waals surface area contributed by atoms with Crippen molar-refractivity contribution in [3.8, 4) is 6.07 Å². The number of benzene rings is 1. The number of nitrogens with zero attached hydrogens (tertiary/aromatic N) is 6. The quantitative estimate of drug-likeness (QED) is 0.392. The molecule has 9 heteroatoms. The van der Waals surface area contributed by atoms with Gasteiger partial charge < -0.3 is 19.4 Å². The zero-order chi connectivity index (χ0) is 22.2. The molecule has 0 aliphatic carbocycles. The number of amides is 1. The highest BCUT2D eigenvalue weighted by Crippen LogP contribution is 2.15. The molecule has 9 nitrogen and oxygen atoms in total. The van der Waals surface area contributed by atoms with E-state index in [4.69, 9.17) is 4.74 Å². The average Bonchev–Trinajstić information content (AvgIpc) is 2.81. The summed E-state index contributed by atoms with van der Waals surface area (Å²) in [5.74, 6) is -0.484. The third-order valence-electron chi connectivity index (χ3n) is 4.85. The minimum atomic E-state index is -0.816. The third kappa shape index (κ3) is 5.79. The second-order valence-electron chi connectivity index (χ2n) is 7.15. The smallest absolute Gasteiger partial charge is 0.349 e. The normalized spacial score (nSPS) is 14.0. The van der Waals surface area contributed by atoms with E-state index in [1.807, 2.05) is 42.1 Å². The maximum Gasteiger partial charge on any atom is 0.349 e. The van der Waals surface area contributed by atoms with Crippen molar-refractivity contribution in [3.63, 3.8) is 0 Å². The topological polar surface area (TPSA) is 103 Å². The summed E-state index contributed by atoms with van der Waals surface area (Å²) in [5.41, 5.74) is 1.55. The Kier molecular flexibility index (Phi) is 7.17. The van der Waals surface area contributed by atoms with E-state index in [-0.39, 0.29) is 11.5 Å². The van der Waals surface area contributed by atoms with Crippen molar-refractivity contribution in [1.82, 2.24) is 14.9 Å². The van der Waals surface area contributed by atoms with Crippen molar-refractivity contribution in [2.75, 3.05) is 56.7 Å². The van der Waals surface area contributed by atoms with Gasteiger partial charge >= 0.3 is 5.97 Å². The summed E-state index contributed by atoms with van der Waals surface area (Å²) in [5, 5.41) is 9.31. The van der Waals surface area contributed by atoms with E-state index in [1.165, 1.54) is 6.08 Å². The number of rotatable bonds is 6. The lowest BCUT2D eigenvalue weighted by atomic mass is 10.1. The number of hydrogen-bond donors (Lipinski definition) is 0. The molecule has 1 aliphatic rings. The highest BCUT2D eigenvalue weighted by Gasteiger charge is 2.23. The molecular weight excluding hydrogens is 396 g/mol. The third-order valence-corrected chi connectivity index (χ3v) is 4.85. The maximum absolute atomic E-state index is 12.4. The summed E-state index contributed by atoms with van der Waals surface area (Å²) >= 11 is 0. The van der Waals surface area contributed by atoms with Crippen LogP contribution < -0.4 is 9.80 Å². The molecule has 0 N–H and O–H groups in total. The van der Waals surface area contributed by atoms with E-state index >= 15 is 0 Å². The molecule has 3 rings (SSSR count). The van der Waals surface area contributed by atoms with Crippen LogP contribution in [0.15, 0.2) is 48.3 Å². The first kappa shape index (κ1) is 21.8. The van der Waals surface area contributed by atoms with Crippen LogP contribution in [-0.4, -0.2) is 73.6 Å². The summed E-state index contributed by atoms with van der Waals surface area (Å²) in [4.78, 5) is 38.7. The van der Waals surface area contributed by atoms with Gasteiger partial charge in [0.05, 0.1) is 0 Å². The Morgan fingerprint density at radius 2 is 1.77 bits per heavy atom. The largest absolute Gasteiger partial charge is 0.451 e. The number of carbonyl (C=O) groups is 2. The van der Waals surface area contributed by atoms with Crippen molar-refractivity contribution >= 4 is 29.6 Å². The number of anilines is 2. The van der Waals surface area contributed by atoms with Gasteiger partial charge in [0, 0.05) is 58.4 Å². The van der Waals surface area contributed by atoms with Gasteiger partial charge in [0.25, 0.3) is 5.91 Å². The zero-order valence-electron chi connectivity index (χ0n) is 17.6. The molecule has 1 aliphatic heterocycles. The molecule has 0 unspecified atom stereocenters. The molecule has 1 saturated heterocycles. The van der Waals surface area contributed by atoms with Gasteiger partial charge in [-0.2, -0.15) is 5.26 Å². The average molecular weight is 420 g/mol. The molecule has 0 atom stereocenters. The van der Waals surface area contributed by atoms with Gasteiger partial charge in [0.1, 0.15) is 11.6 Å². The molecule has 160 valence electrons. The van der Waals surface area contributed by atoms with Crippen LogP contribution in [0, 0.1) is 11.3 Å². The van der Waals surface area contributed by atoms with Gasteiger partial charge in [-0.25, -0.2) is 14.8 Å². The van der Waals surface area contributed by atoms with E-state index in [0.29, 0.717) is 37.7 Å². The molecule has 2 heterocycles. The fraction of sp³-hybridized carbons (Fsp3) is 0.318. The second-order valence-corrected chi connectivity index (χ2v) is 7.15. The minimum absolute atomic E-state index is 0.156. The van der Waals surface area contributed by atoms with E-state index in [2.05, 4.69) is 9.97 Å². The molecular formula is C22H24N6O3. The van der Waals surface area contributed by atoms with Crippen molar-refractivity contribution in [3.05, 3.63) is 53.9 Å².